The van der Waals surface area contributed by atoms with E-state index in [0.29, 0.717) is 0 Å². The van der Waals surface area contributed by atoms with Crippen molar-refractivity contribution in [2.45, 2.75) is 0 Å². The number of benzene rings is 1. The van der Waals surface area contributed by atoms with Crippen LogP contribution in [0.5, 0.6) is 0 Å². The highest BCUT2D eigenvalue weighted by Gasteiger charge is 2.13. The zero-order valence-electron chi connectivity index (χ0n) is 11.9. The molecule has 3 rings (SSSR count). The Labute approximate surface area is 154 Å². The highest BCUT2D eigenvalue weighted by atomic mass is 79.9. The number of aromatic amines is 1. The van der Waals surface area contributed by atoms with Gasteiger partial charge in [-0.1, -0.05) is 0 Å². The zero-order valence-corrected chi connectivity index (χ0v) is 15.1. The third kappa shape index (κ3) is 4.43. The maximum atomic E-state index is 10.9. The number of hydrogen-bond acceptors (Lipinski definition) is 2. The molecule has 7 heteroatoms. The van der Waals surface area contributed by atoms with Crippen LogP contribution in [0.3, 0.4) is 0 Å². The zero-order chi connectivity index (χ0) is 14.7. The predicted octanol–water partition coefficient (Wildman–Crippen LogP) is -3.64. The molecular formula is C16H13Br2N3O2. The normalized spacial score (nSPS) is 9.39. The highest BCUT2D eigenvalue weighted by Crippen LogP contribution is 2.17. The summed E-state index contributed by atoms with van der Waals surface area (Å²) in [4.78, 5) is 13.5. The van der Waals surface area contributed by atoms with Gasteiger partial charge < -0.3 is 34.0 Å². The van der Waals surface area contributed by atoms with Gasteiger partial charge in [-0.2, -0.15) is 4.57 Å². The van der Waals surface area contributed by atoms with Crippen molar-refractivity contribution in [3.05, 3.63) is 83.4 Å². The van der Waals surface area contributed by atoms with E-state index in [9.17, 15) is 10.1 Å². The van der Waals surface area contributed by atoms with E-state index in [1.54, 1.807) is 12.1 Å². The number of rotatable bonds is 3. The first-order valence-corrected chi connectivity index (χ1v) is 6.47. The van der Waals surface area contributed by atoms with E-state index >= 15 is 0 Å². The second-order valence-corrected chi connectivity index (χ2v) is 4.57. The van der Waals surface area contributed by atoms with Crippen LogP contribution in [0.2, 0.25) is 0 Å². The van der Waals surface area contributed by atoms with Crippen molar-refractivity contribution < 1.29 is 48.4 Å². The number of nitro groups is 1. The molecular weight excluding hydrogens is 426 g/mol. The van der Waals surface area contributed by atoms with E-state index in [1.165, 1.54) is 6.07 Å². The van der Waals surface area contributed by atoms with Crippen LogP contribution in [0.25, 0.3) is 16.8 Å². The second-order valence-electron chi connectivity index (χ2n) is 4.57. The Kier molecular flexibility index (Phi) is 6.99. The fourth-order valence-corrected chi connectivity index (χ4v) is 2.15. The fourth-order valence-electron chi connectivity index (χ4n) is 2.15. The molecule has 1 aromatic carbocycles. The summed E-state index contributed by atoms with van der Waals surface area (Å²) in [5.41, 5.74) is 2.96. The van der Waals surface area contributed by atoms with Crippen molar-refractivity contribution >= 4 is 5.69 Å². The molecule has 2 aromatic heterocycles. The third-order valence-electron chi connectivity index (χ3n) is 3.19. The molecule has 0 aliphatic rings. The van der Waals surface area contributed by atoms with Crippen LogP contribution in [0.1, 0.15) is 0 Å². The van der Waals surface area contributed by atoms with Crippen molar-refractivity contribution in [2.75, 3.05) is 0 Å². The van der Waals surface area contributed by atoms with Crippen LogP contribution in [0.4, 0.5) is 5.69 Å². The molecule has 0 saturated heterocycles. The predicted molar refractivity (Wildman–Crippen MR) is 76.6 cm³/mol. The van der Waals surface area contributed by atoms with Gasteiger partial charge in [0, 0.05) is 35.9 Å². The standard InChI is InChI=1S/C16H12N3O2.2BrH/c20-19(21)16-5-1-4-15(11-16)18-10-2-3-14(12-18)13-6-8-17-9-7-13;;/h1-12H;2*1H/q+1;;/p-1. The minimum atomic E-state index is -0.388. The molecule has 0 radical (unpaired) electrons. The molecule has 0 fully saturated rings. The fraction of sp³-hybridized carbons (Fsp3) is 0. The van der Waals surface area contributed by atoms with E-state index < -0.39 is 0 Å². The minimum Gasteiger partial charge on any atom is -1.00 e. The number of nitrogens with zero attached hydrogens (tertiary/aromatic N) is 2. The van der Waals surface area contributed by atoms with Crippen LogP contribution >= 0.6 is 0 Å². The Bertz CT molecular complexity index is 798. The number of nitrogens with one attached hydrogen (secondary N) is 1. The van der Waals surface area contributed by atoms with Crippen molar-refractivity contribution in [3.8, 4) is 16.8 Å². The van der Waals surface area contributed by atoms with Gasteiger partial charge in [0.15, 0.2) is 24.8 Å². The number of pyridine rings is 2. The Morgan fingerprint density at radius 2 is 1.70 bits per heavy atom. The Balaban J connectivity index is 0.00000132. The summed E-state index contributed by atoms with van der Waals surface area (Å²) >= 11 is 0. The first-order valence-electron chi connectivity index (χ1n) is 6.47. The average Bonchev–Trinajstić information content (AvgIpc) is 2.56. The van der Waals surface area contributed by atoms with Crippen molar-refractivity contribution in [3.63, 3.8) is 0 Å². The lowest BCUT2D eigenvalue weighted by molar-refractivity contribution is -0.595. The smallest absolute Gasteiger partial charge is 0.276 e. The molecule has 0 saturated carbocycles. The molecule has 0 bridgehead atoms. The largest absolute Gasteiger partial charge is 1.00 e. The summed E-state index contributed by atoms with van der Waals surface area (Å²) in [5, 5.41) is 10.9. The quantitative estimate of drug-likeness (QED) is 0.240. The molecule has 0 aliphatic heterocycles. The van der Waals surface area contributed by atoms with Gasteiger partial charge in [-0.05, 0) is 17.7 Å². The SMILES string of the molecule is O=[N+]([O-])c1cccc(-[n+]2cccc(-c3cc[nH+]cc3)c2)c1.[Br-].[Br-]. The number of aromatic nitrogens is 2. The molecule has 0 unspecified atom stereocenters. The molecule has 1 N–H and O–H groups in total. The van der Waals surface area contributed by atoms with Crippen molar-refractivity contribution in [1.29, 1.82) is 0 Å². The Morgan fingerprint density at radius 3 is 2.39 bits per heavy atom. The van der Waals surface area contributed by atoms with Crippen LogP contribution in [0.15, 0.2) is 73.3 Å². The molecule has 23 heavy (non-hydrogen) atoms. The summed E-state index contributed by atoms with van der Waals surface area (Å²) in [6, 6.07) is 14.5. The molecule has 0 atom stereocenters. The molecule has 5 nitrogen and oxygen atoms in total. The summed E-state index contributed by atoms with van der Waals surface area (Å²) in [7, 11) is 0. The first-order chi connectivity index (χ1) is 10.2. The lowest BCUT2D eigenvalue weighted by Crippen LogP contribution is -3.00. The second kappa shape index (κ2) is 8.50. The van der Waals surface area contributed by atoms with Crippen molar-refractivity contribution in [2.24, 2.45) is 0 Å². The third-order valence-corrected chi connectivity index (χ3v) is 3.19. The van der Waals surface area contributed by atoms with E-state index in [4.69, 9.17) is 0 Å². The molecule has 0 spiro atoms. The maximum absolute atomic E-state index is 10.9. The monoisotopic (exact) mass is 437 g/mol. The Morgan fingerprint density at radius 1 is 0.957 bits per heavy atom. The van der Waals surface area contributed by atoms with Gasteiger partial charge in [0.25, 0.3) is 5.69 Å². The molecule has 3 aromatic rings. The van der Waals surface area contributed by atoms with E-state index in [1.807, 2.05) is 59.7 Å². The number of H-pyrrole nitrogens is 1. The van der Waals surface area contributed by atoms with Gasteiger partial charge in [0.2, 0.25) is 5.69 Å². The van der Waals surface area contributed by atoms with E-state index in [-0.39, 0.29) is 44.6 Å². The van der Waals surface area contributed by atoms with Crippen molar-refractivity contribution in [1.82, 2.24) is 0 Å². The summed E-state index contributed by atoms with van der Waals surface area (Å²) in [6.07, 6.45) is 7.55. The van der Waals surface area contributed by atoms with E-state index in [2.05, 4.69) is 4.98 Å². The van der Waals surface area contributed by atoms with Gasteiger partial charge in [-0.25, -0.2) is 4.98 Å². The summed E-state index contributed by atoms with van der Waals surface area (Å²) < 4.78 is 1.87. The topological polar surface area (TPSA) is 61.2 Å². The minimum absolute atomic E-state index is 0. The lowest BCUT2D eigenvalue weighted by Gasteiger charge is -2.00. The lowest BCUT2D eigenvalue weighted by atomic mass is 10.1. The number of hydrogen-bond donors (Lipinski definition) is 0. The van der Waals surface area contributed by atoms with Crippen LogP contribution in [0, 0.1) is 10.1 Å². The number of nitro benzene ring substituents is 1. The summed E-state index contributed by atoms with van der Waals surface area (Å²) in [6.45, 7) is 0. The van der Waals surface area contributed by atoms with Gasteiger partial charge in [-0.15, -0.1) is 0 Å². The molecule has 0 amide bonds. The van der Waals surface area contributed by atoms with Gasteiger partial charge in [-0.3, -0.25) is 10.1 Å². The van der Waals surface area contributed by atoms with Crippen LogP contribution in [-0.4, -0.2) is 4.92 Å². The molecule has 118 valence electrons. The molecule has 2 heterocycles. The Hall–Kier alpha value is -2.12. The average molecular weight is 439 g/mol. The van der Waals surface area contributed by atoms with Gasteiger partial charge >= 0.3 is 0 Å². The number of halogens is 2. The van der Waals surface area contributed by atoms with Crippen LogP contribution < -0.4 is 43.5 Å². The highest BCUT2D eigenvalue weighted by molar-refractivity contribution is 5.60. The molecule has 0 aliphatic carbocycles. The van der Waals surface area contributed by atoms with Crippen LogP contribution in [-0.2, 0) is 0 Å². The maximum Gasteiger partial charge on any atom is 0.276 e. The van der Waals surface area contributed by atoms with E-state index in [0.717, 1.165) is 16.8 Å². The number of non-ortho nitro benzene ring substituents is 1. The summed E-state index contributed by atoms with van der Waals surface area (Å²) in [5.74, 6) is 0. The van der Waals surface area contributed by atoms with Gasteiger partial charge in [0.05, 0.1) is 11.0 Å². The van der Waals surface area contributed by atoms with Gasteiger partial charge in [0.1, 0.15) is 0 Å². The first kappa shape index (κ1) is 18.9.